The molecule has 10 heteroatoms. The summed E-state index contributed by atoms with van der Waals surface area (Å²) in [6.45, 7) is 1.71. The standard InChI is InChI=1S/C29H32N6O4/c1-38-23-11-9-20(10-12-23)6-5-15-34-18-22(35-19-26(32-33-35)29(37)39-2)16-27(34)28(36)30-14-13-21-17-31-25-8-4-3-7-24(21)25/h3-12,17,19,22,27,31H,13-16,18H2,1-2H3,(H,30,36)/b6-5+/t22-,27-/m0/s1. The van der Waals surface area contributed by atoms with Gasteiger partial charge in [-0.2, -0.15) is 0 Å². The van der Waals surface area contributed by atoms with Crippen LogP contribution in [0.1, 0.15) is 34.1 Å². The van der Waals surface area contributed by atoms with E-state index in [0.717, 1.165) is 23.3 Å². The number of amides is 1. The molecule has 5 rings (SSSR count). The molecule has 4 aromatic rings. The number of esters is 1. The van der Waals surface area contributed by atoms with Crippen molar-refractivity contribution in [3.63, 3.8) is 0 Å². The van der Waals surface area contributed by atoms with Gasteiger partial charge in [0.15, 0.2) is 5.69 Å². The molecule has 0 saturated carbocycles. The van der Waals surface area contributed by atoms with Crippen LogP contribution in [-0.4, -0.2) is 76.6 Å². The molecule has 2 N–H and O–H groups in total. The van der Waals surface area contributed by atoms with Gasteiger partial charge >= 0.3 is 5.97 Å². The summed E-state index contributed by atoms with van der Waals surface area (Å²) in [5.41, 5.74) is 3.46. The first kappa shape index (κ1) is 26.2. The van der Waals surface area contributed by atoms with Gasteiger partial charge in [-0.1, -0.05) is 47.7 Å². The third-order valence-electron chi connectivity index (χ3n) is 7.10. The third kappa shape index (κ3) is 6.01. The van der Waals surface area contributed by atoms with Crippen molar-refractivity contribution in [3.05, 3.63) is 83.8 Å². The van der Waals surface area contributed by atoms with Crippen LogP contribution in [0, 0.1) is 0 Å². The second-order valence-corrected chi connectivity index (χ2v) is 9.51. The van der Waals surface area contributed by atoms with Gasteiger partial charge in [-0.05, 0) is 42.2 Å². The number of fused-ring (bicyclic) bond motifs is 1. The number of rotatable bonds is 10. The predicted octanol–water partition coefficient (Wildman–Crippen LogP) is 3.24. The lowest BCUT2D eigenvalue weighted by atomic mass is 10.1. The highest BCUT2D eigenvalue weighted by molar-refractivity contribution is 5.86. The fraction of sp³-hybridized carbons (Fsp3) is 0.310. The molecule has 0 radical (unpaired) electrons. The highest BCUT2D eigenvalue weighted by Crippen LogP contribution is 2.27. The number of hydrogen-bond donors (Lipinski definition) is 2. The average Bonchev–Trinajstić information content (AvgIpc) is 3.72. The van der Waals surface area contributed by atoms with Gasteiger partial charge in [0.2, 0.25) is 5.91 Å². The highest BCUT2D eigenvalue weighted by Gasteiger charge is 2.37. The maximum Gasteiger partial charge on any atom is 0.360 e. The number of aromatic amines is 1. The Kier molecular flexibility index (Phi) is 8.02. The van der Waals surface area contributed by atoms with Gasteiger partial charge in [0, 0.05) is 36.7 Å². The summed E-state index contributed by atoms with van der Waals surface area (Å²) in [4.78, 5) is 30.6. The van der Waals surface area contributed by atoms with Gasteiger partial charge in [-0.3, -0.25) is 9.69 Å². The van der Waals surface area contributed by atoms with Crippen molar-refractivity contribution >= 4 is 28.9 Å². The molecule has 0 spiro atoms. The van der Waals surface area contributed by atoms with Crippen molar-refractivity contribution in [2.45, 2.75) is 24.9 Å². The van der Waals surface area contributed by atoms with E-state index in [4.69, 9.17) is 9.47 Å². The smallest absolute Gasteiger partial charge is 0.360 e. The maximum atomic E-state index is 13.4. The van der Waals surface area contributed by atoms with E-state index >= 15 is 0 Å². The van der Waals surface area contributed by atoms with Crippen LogP contribution in [-0.2, 0) is 16.0 Å². The minimum Gasteiger partial charge on any atom is -0.497 e. The van der Waals surface area contributed by atoms with Crippen molar-refractivity contribution in [2.75, 3.05) is 33.9 Å². The van der Waals surface area contributed by atoms with Gasteiger partial charge in [-0.15, -0.1) is 5.10 Å². The number of hydrogen-bond acceptors (Lipinski definition) is 7. The number of ether oxygens (including phenoxy) is 2. The van der Waals surface area contributed by atoms with Gasteiger partial charge in [0.1, 0.15) is 5.75 Å². The summed E-state index contributed by atoms with van der Waals surface area (Å²) in [7, 11) is 2.95. The van der Waals surface area contributed by atoms with Crippen molar-refractivity contribution in [1.29, 1.82) is 0 Å². The van der Waals surface area contributed by atoms with Crippen molar-refractivity contribution in [1.82, 2.24) is 30.2 Å². The lowest BCUT2D eigenvalue weighted by molar-refractivity contribution is -0.125. The van der Waals surface area contributed by atoms with E-state index in [1.807, 2.05) is 54.7 Å². The summed E-state index contributed by atoms with van der Waals surface area (Å²) in [6.07, 6.45) is 8.96. The van der Waals surface area contributed by atoms with Crippen molar-refractivity contribution in [3.8, 4) is 5.75 Å². The minimum atomic E-state index is -0.537. The first-order valence-corrected chi connectivity index (χ1v) is 12.9. The second kappa shape index (κ2) is 12.0. The molecule has 10 nitrogen and oxygen atoms in total. The molecule has 1 fully saturated rings. The second-order valence-electron chi connectivity index (χ2n) is 9.51. The Balaban J connectivity index is 1.26. The van der Waals surface area contributed by atoms with Crippen LogP contribution < -0.4 is 10.1 Å². The number of benzene rings is 2. The van der Waals surface area contributed by atoms with Crippen LogP contribution in [0.25, 0.3) is 17.0 Å². The van der Waals surface area contributed by atoms with Crippen LogP contribution >= 0.6 is 0 Å². The van der Waals surface area contributed by atoms with E-state index in [1.54, 1.807) is 18.0 Å². The molecule has 202 valence electrons. The van der Waals surface area contributed by atoms with Crippen LogP contribution in [0.15, 0.2) is 67.0 Å². The largest absolute Gasteiger partial charge is 0.497 e. The molecular weight excluding hydrogens is 496 g/mol. The minimum absolute atomic E-state index is 0.0245. The summed E-state index contributed by atoms with van der Waals surface area (Å²) in [5, 5.41) is 12.4. The lowest BCUT2D eigenvalue weighted by Crippen LogP contribution is -2.43. The Bertz CT molecular complexity index is 1460. The number of carbonyl (C=O) groups is 2. The summed E-state index contributed by atoms with van der Waals surface area (Å²) in [5.74, 6) is 0.242. The number of nitrogens with one attached hydrogen (secondary N) is 2. The van der Waals surface area contributed by atoms with Crippen LogP contribution in [0.3, 0.4) is 0 Å². The molecule has 1 aliphatic rings. The summed E-state index contributed by atoms with van der Waals surface area (Å²) >= 11 is 0. The summed E-state index contributed by atoms with van der Waals surface area (Å²) < 4.78 is 11.6. The molecule has 39 heavy (non-hydrogen) atoms. The average molecular weight is 529 g/mol. The van der Waals surface area contributed by atoms with E-state index in [1.165, 1.54) is 18.1 Å². The number of nitrogens with zero attached hydrogens (tertiary/aromatic N) is 4. The molecule has 1 amide bonds. The lowest BCUT2D eigenvalue weighted by Gasteiger charge is -2.22. The van der Waals surface area contributed by atoms with E-state index in [9.17, 15) is 9.59 Å². The first-order valence-electron chi connectivity index (χ1n) is 12.9. The van der Waals surface area contributed by atoms with Gasteiger partial charge < -0.3 is 19.8 Å². The molecule has 2 atom stereocenters. The Labute approximate surface area is 226 Å². The number of H-pyrrole nitrogens is 1. The van der Waals surface area contributed by atoms with Crippen LogP contribution in [0.5, 0.6) is 5.75 Å². The quantitative estimate of drug-likeness (QED) is 0.304. The fourth-order valence-electron chi connectivity index (χ4n) is 5.01. The fourth-order valence-corrected chi connectivity index (χ4v) is 5.01. The first-order chi connectivity index (χ1) is 19.1. The van der Waals surface area contributed by atoms with E-state index < -0.39 is 5.97 Å². The molecule has 1 aliphatic heterocycles. The molecule has 3 heterocycles. The number of aromatic nitrogens is 4. The third-order valence-corrected chi connectivity index (χ3v) is 7.10. The van der Waals surface area contributed by atoms with E-state index in [0.29, 0.717) is 26.1 Å². The number of carbonyl (C=O) groups excluding carboxylic acids is 2. The topological polar surface area (TPSA) is 114 Å². The zero-order chi connectivity index (χ0) is 27.2. The number of likely N-dealkylation sites (tertiary alicyclic amines) is 1. The Morgan fingerprint density at radius 1 is 1.15 bits per heavy atom. The zero-order valence-electron chi connectivity index (χ0n) is 22.0. The molecule has 2 aromatic carbocycles. The zero-order valence-corrected chi connectivity index (χ0v) is 22.0. The van der Waals surface area contributed by atoms with Gasteiger partial charge in [0.05, 0.1) is 32.5 Å². The van der Waals surface area contributed by atoms with Crippen LogP contribution in [0.2, 0.25) is 0 Å². The normalized spacial score (nSPS) is 17.6. The van der Waals surface area contributed by atoms with Gasteiger partial charge in [0.25, 0.3) is 0 Å². The Morgan fingerprint density at radius 2 is 1.97 bits per heavy atom. The molecule has 0 aliphatic carbocycles. The predicted molar refractivity (Wildman–Crippen MR) is 147 cm³/mol. The van der Waals surface area contributed by atoms with E-state index in [-0.39, 0.29) is 23.7 Å². The van der Waals surface area contributed by atoms with Crippen LogP contribution in [0.4, 0.5) is 0 Å². The summed E-state index contributed by atoms with van der Waals surface area (Å²) in [6, 6.07) is 15.5. The monoisotopic (exact) mass is 528 g/mol. The maximum absolute atomic E-state index is 13.4. The molecule has 1 saturated heterocycles. The molecule has 2 aromatic heterocycles. The molecule has 0 bridgehead atoms. The van der Waals surface area contributed by atoms with Crippen molar-refractivity contribution < 1.29 is 19.1 Å². The SMILES string of the molecule is COC(=O)c1cn([C@H]2C[C@@H](C(=O)NCCc3c[nH]c4ccccc34)N(C/C=C/c3ccc(OC)cc3)C2)nn1. The number of methoxy groups -OCH3 is 2. The Morgan fingerprint density at radius 3 is 2.77 bits per heavy atom. The highest BCUT2D eigenvalue weighted by atomic mass is 16.5. The van der Waals surface area contributed by atoms with E-state index in [2.05, 4.69) is 37.7 Å². The molecule has 0 unspecified atom stereocenters. The van der Waals surface area contributed by atoms with Gasteiger partial charge in [-0.25, -0.2) is 9.48 Å². The number of para-hydroxylation sites is 1. The van der Waals surface area contributed by atoms with Crippen molar-refractivity contribution in [2.24, 2.45) is 0 Å². The Hall–Kier alpha value is -4.44. The molecular formula is C29H32N6O4.